The molecule has 12 rings (SSSR count). The highest BCUT2D eigenvalue weighted by Crippen LogP contribution is 2.37. The van der Waals surface area contributed by atoms with Gasteiger partial charge in [0.25, 0.3) is 34.1 Å². The Morgan fingerprint density at radius 2 is 0.551 bits per heavy atom. The number of morpholine rings is 1. The smallest absolute Gasteiger partial charge is 0.269 e. The number of nitrogens with zero attached hydrogens (tertiary/aromatic N) is 18. The number of aryl methyl sites for hydroxylation is 6. The van der Waals surface area contributed by atoms with Gasteiger partial charge in [0.1, 0.15) is 35.0 Å². The van der Waals surface area contributed by atoms with Gasteiger partial charge in [0.05, 0.1) is 75.9 Å². The number of nitro groups is 6. The van der Waals surface area contributed by atoms with Crippen LogP contribution in [0.3, 0.4) is 0 Å². The molecule has 0 aromatic heterocycles. The van der Waals surface area contributed by atoms with Crippen LogP contribution in [0.25, 0.3) is 0 Å². The molecule has 0 spiro atoms. The second kappa shape index (κ2) is 54.2. The molecule has 6 aliphatic rings. The van der Waals surface area contributed by atoms with Gasteiger partial charge in [-0.15, -0.1) is 0 Å². The van der Waals surface area contributed by atoms with E-state index in [2.05, 4.69) is 175 Å². The molecule has 9 atom stereocenters. The second-order valence-electron chi connectivity index (χ2n) is 41.0. The van der Waals surface area contributed by atoms with E-state index in [0.717, 1.165) is 168 Å². The maximum Gasteiger partial charge on any atom is 0.269 e. The van der Waals surface area contributed by atoms with Crippen molar-refractivity contribution < 1.29 is 34.3 Å². The van der Waals surface area contributed by atoms with Crippen molar-refractivity contribution in [3.05, 3.63) is 203 Å². The van der Waals surface area contributed by atoms with Crippen molar-refractivity contribution in [2.24, 2.45) is 89.1 Å². The Bertz CT molecular complexity index is 4970. The van der Waals surface area contributed by atoms with Crippen LogP contribution in [0.5, 0.6) is 0 Å². The predicted octanol–water partition coefficient (Wildman–Crippen LogP) is 27.4. The summed E-state index contributed by atoms with van der Waals surface area (Å²) in [5, 5.41) is 65.3. The highest BCUT2D eigenvalue weighted by molar-refractivity contribution is 5.91. The molecule has 0 N–H and O–H groups in total. The number of rotatable bonds is 19. The predicted molar refractivity (Wildman–Crippen MR) is 563 cm³/mol. The minimum Gasteiger partial charge on any atom is -0.372 e. The molecule has 0 amide bonds. The SMILES string of the molecule is CCC1CCCCN1C(=Nc1ccc([N+](=O)[O-])cc1C)C(C)C.Cc1cc([N+](=O)[O-])ccc1N=C(C(C)C)N1CCCCCCC1.Cc1cc([N+](=O)[O-])ccc1N=C(C(C)C)N1C[C@@H](C)O[C@@H](C)C1.Cc1cc([N+](=O)[O-])ccc1N=C(C(C)C)N1C[C@H](C)C[C@@H](C)C1.Cc1cc([N+](=O)[O-])ccc1N=C(C(C)C)N1C[C@H](C)C[C@H](C)C1.Cc1cc([N+](=O)[O-])ccc1N=C(C(C)C)N1[C@H](C)CCC[C@@H]1C. The Labute approximate surface area is 821 Å². The Morgan fingerprint density at radius 3 is 0.804 bits per heavy atom. The summed E-state index contributed by atoms with van der Waals surface area (Å²) in [6, 6.07) is 30.8. The van der Waals surface area contributed by atoms with Gasteiger partial charge in [-0.25, -0.2) is 30.0 Å². The first kappa shape index (κ1) is 113. The molecule has 0 bridgehead atoms. The maximum absolute atomic E-state index is 10.9. The lowest BCUT2D eigenvalue weighted by atomic mass is 9.91. The van der Waals surface area contributed by atoms with Gasteiger partial charge in [0.15, 0.2) is 0 Å². The third-order valence-electron chi connectivity index (χ3n) is 26.0. The molecular formula is C107H160N18O13. The quantitative estimate of drug-likeness (QED) is 0.0314. The van der Waals surface area contributed by atoms with Crippen molar-refractivity contribution in [2.45, 2.75) is 307 Å². The Kier molecular flexibility index (Phi) is 44.5. The van der Waals surface area contributed by atoms with Crippen LogP contribution in [-0.2, 0) is 4.74 Å². The molecule has 0 aliphatic carbocycles. The minimum absolute atomic E-state index is 0.0983. The minimum atomic E-state index is -0.380. The molecule has 31 heteroatoms. The van der Waals surface area contributed by atoms with Crippen LogP contribution in [0.1, 0.15) is 269 Å². The van der Waals surface area contributed by atoms with Crippen LogP contribution in [0.4, 0.5) is 68.2 Å². The van der Waals surface area contributed by atoms with Crippen LogP contribution in [0, 0.1) is 161 Å². The molecule has 138 heavy (non-hydrogen) atoms. The molecule has 6 aromatic rings. The van der Waals surface area contributed by atoms with E-state index in [1.54, 1.807) is 72.8 Å². The van der Waals surface area contributed by atoms with E-state index in [-0.39, 0.29) is 81.8 Å². The van der Waals surface area contributed by atoms with Crippen molar-refractivity contribution >= 4 is 103 Å². The average molecular weight is 1910 g/mol. The van der Waals surface area contributed by atoms with E-state index in [1.165, 1.54) is 120 Å². The molecule has 756 valence electrons. The topological polar surface area (TPSA) is 362 Å². The van der Waals surface area contributed by atoms with E-state index < -0.39 is 0 Å². The number of likely N-dealkylation sites (tertiary alicyclic amines) is 5. The Morgan fingerprint density at radius 1 is 0.312 bits per heavy atom. The van der Waals surface area contributed by atoms with Gasteiger partial charge < -0.3 is 34.1 Å². The molecule has 6 aromatic carbocycles. The molecule has 6 heterocycles. The van der Waals surface area contributed by atoms with Crippen LogP contribution in [0.2, 0.25) is 0 Å². The van der Waals surface area contributed by atoms with Crippen molar-refractivity contribution in [2.75, 3.05) is 58.9 Å². The van der Waals surface area contributed by atoms with Gasteiger partial charge in [0.2, 0.25) is 0 Å². The summed E-state index contributed by atoms with van der Waals surface area (Å²) in [5.74, 6) is 11.0. The number of aliphatic imine (C=N–C) groups is 6. The third kappa shape index (κ3) is 34.2. The van der Waals surface area contributed by atoms with Gasteiger partial charge in [-0.1, -0.05) is 137 Å². The van der Waals surface area contributed by atoms with Crippen LogP contribution >= 0.6 is 0 Å². The third-order valence-corrected chi connectivity index (χ3v) is 26.0. The fourth-order valence-electron chi connectivity index (χ4n) is 19.4. The molecule has 31 nitrogen and oxygen atoms in total. The van der Waals surface area contributed by atoms with Gasteiger partial charge in [0, 0.05) is 185 Å². The molecule has 6 aliphatic heterocycles. The van der Waals surface area contributed by atoms with Crippen LogP contribution < -0.4 is 0 Å². The van der Waals surface area contributed by atoms with E-state index in [4.69, 9.17) is 34.7 Å². The summed E-state index contributed by atoms with van der Waals surface area (Å²) in [6.45, 7) is 66.1. The monoisotopic (exact) mass is 1910 g/mol. The second-order valence-corrected chi connectivity index (χ2v) is 41.0. The zero-order chi connectivity index (χ0) is 102. The molecule has 1 unspecified atom stereocenters. The van der Waals surface area contributed by atoms with Crippen LogP contribution in [0.15, 0.2) is 139 Å². The van der Waals surface area contributed by atoms with Gasteiger partial charge in [-0.3, -0.25) is 60.7 Å². The van der Waals surface area contributed by atoms with Gasteiger partial charge >= 0.3 is 0 Å². The number of hydrogen-bond acceptors (Lipinski definition) is 19. The van der Waals surface area contributed by atoms with Crippen LogP contribution in [-0.4, -0.2) is 183 Å². The standard InChI is InChI=1S/5C18H27N3O2.C17H25N3O3/c2*1-12(2)18(20-10-13(3)8-14(4)11-20)19-17-7-6-16(21(22)23)9-15(17)5;1-12(2)18(20-14(4)7-6-8-15(20)5)19-17-10-9-16(21(22)23)11-13(17)3;1-14(2)18(20-11-7-5-4-6-8-12-20)19-17-10-9-16(21(22)23)13-15(17)3;1-5-15-8-6-7-11-20(15)18(13(2)3)19-17-10-9-16(21(22)23)12-14(17)4;1-11(2)17(19-9-13(4)23-14(5)10-19)18-16-7-6-15(20(21)22)8-12(16)3/h2*6-7,9,12-14H,8,10-11H2,1-5H3;9-12,14-15H,6-8H2,1-5H3;9-10,13-14H,4-8,11-12H2,1-3H3;9-10,12-13,15H,5-8,11H2,1-4H3;6-8,11,13-14H,9-10H2,1-5H3/t13-,14+;13-,14-;14-,15+;;;13-,14+/m.1..../s1. The Hall–Kier alpha value is -11.5. The Balaban J connectivity index is 0.000000225. The maximum atomic E-state index is 10.9. The molecule has 0 saturated carbocycles. The number of non-ortho nitro benzene ring substituents is 6. The highest BCUT2D eigenvalue weighted by atomic mass is 16.6. The molecule has 6 fully saturated rings. The zero-order valence-corrected chi connectivity index (χ0v) is 87.7. The summed E-state index contributed by atoms with van der Waals surface area (Å²) < 4.78 is 5.79. The number of amidine groups is 6. The van der Waals surface area contributed by atoms with Gasteiger partial charge in [-0.05, 0) is 233 Å². The lowest BCUT2D eigenvalue weighted by Gasteiger charge is -2.42. The van der Waals surface area contributed by atoms with E-state index in [1.807, 2.05) is 41.5 Å². The lowest BCUT2D eigenvalue weighted by Crippen LogP contribution is -2.49. The summed E-state index contributed by atoms with van der Waals surface area (Å²) in [4.78, 5) is 107. The molecule has 0 radical (unpaired) electrons. The largest absolute Gasteiger partial charge is 0.372 e. The van der Waals surface area contributed by atoms with E-state index in [0.29, 0.717) is 71.4 Å². The summed E-state index contributed by atoms with van der Waals surface area (Å²) in [5.41, 5.74) is 10.7. The average Bonchev–Trinajstić information content (AvgIpc) is 0.817. The van der Waals surface area contributed by atoms with Gasteiger partial charge in [-0.2, -0.15) is 0 Å². The number of nitro benzene ring substituents is 6. The summed E-state index contributed by atoms with van der Waals surface area (Å²) in [6.07, 6.45) is 17.7. The first-order valence-corrected chi connectivity index (χ1v) is 50.3. The van der Waals surface area contributed by atoms with Crippen molar-refractivity contribution in [1.82, 2.24) is 29.4 Å². The zero-order valence-electron chi connectivity index (χ0n) is 87.7. The highest BCUT2D eigenvalue weighted by Gasteiger charge is 2.34. The normalized spacial score (nSPS) is 21.1. The summed E-state index contributed by atoms with van der Waals surface area (Å²) >= 11 is 0. The van der Waals surface area contributed by atoms with Crippen molar-refractivity contribution in [3.8, 4) is 0 Å². The number of benzene rings is 6. The fraction of sp³-hybridized carbons (Fsp3) is 0.607. The van der Waals surface area contributed by atoms with E-state index in [9.17, 15) is 60.7 Å². The lowest BCUT2D eigenvalue weighted by molar-refractivity contribution is -0.385. The number of ether oxygens (including phenoxy) is 1. The fourth-order valence-corrected chi connectivity index (χ4v) is 19.4. The number of hydrogen-bond donors (Lipinski definition) is 0. The first-order chi connectivity index (χ1) is 65.0. The first-order valence-electron chi connectivity index (χ1n) is 50.3. The number of piperidine rings is 4. The molecule has 6 saturated heterocycles. The van der Waals surface area contributed by atoms with Crippen molar-refractivity contribution in [1.29, 1.82) is 0 Å². The summed E-state index contributed by atoms with van der Waals surface area (Å²) in [7, 11) is 0. The van der Waals surface area contributed by atoms with Crippen molar-refractivity contribution in [3.63, 3.8) is 0 Å². The molecular weight excluding hydrogens is 1750 g/mol. The van der Waals surface area contributed by atoms with E-state index >= 15 is 0 Å².